The van der Waals surface area contributed by atoms with Crippen molar-refractivity contribution in [1.29, 1.82) is 0 Å². The fourth-order valence-corrected chi connectivity index (χ4v) is 4.39. The first kappa shape index (κ1) is 15.0. The number of hydrogen-bond acceptors (Lipinski definition) is 4. The normalized spacial score (nSPS) is 14.9. The van der Waals surface area contributed by atoms with Gasteiger partial charge in [0, 0.05) is 20.6 Å². The van der Waals surface area contributed by atoms with Gasteiger partial charge in [-0.05, 0) is 55.2 Å². The molecule has 2 aromatic rings. The molecule has 0 spiro atoms. The Morgan fingerprint density at radius 2 is 2.19 bits per heavy atom. The van der Waals surface area contributed by atoms with Gasteiger partial charge in [0.15, 0.2) is 0 Å². The van der Waals surface area contributed by atoms with Gasteiger partial charge >= 0.3 is 0 Å². The molecule has 2 heterocycles. The molecule has 0 saturated carbocycles. The van der Waals surface area contributed by atoms with E-state index >= 15 is 0 Å². The van der Waals surface area contributed by atoms with Gasteiger partial charge in [-0.1, -0.05) is 15.9 Å². The summed E-state index contributed by atoms with van der Waals surface area (Å²) in [5, 5.41) is 0. The van der Waals surface area contributed by atoms with Crippen LogP contribution in [0.2, 0.25) is 0 Å². The summed E-state index contributed by atoms with van der Waals surface area (Å²) in [4.78, 5) is 2.63. The monoisotopic (exact) mass is 366 g/mol. The number of nitrogens with one attached hydrogen (secondary N) is 1. The number of hydrogen-bond donors (Lipinski definition) is 2. The first-order chi connectivity index (χ1) is 10.1. The van der Waals surface area contributed by atoms with Crippen LogP contribution in [0.15, 0.2) is 22.7 Å². The predicted molar refractivity (Wildman–Crippen MR) is 90.9 cm³/mol. The smallest absolute Gasteiger partial charge is 0.125 e. The molecule has 5 heteroatoms. The number of benzene rings is 1. The second-order valence-corrected chi connectivity index (χ2v) is 7.67. The zero-order chi connectivity index (χ0) is 15.0. The van der Waals surface area contributed by atoms with Crippen molar-refractivity contribution in [2.75, 3.05) is 6.61 Å². The Morgan fingerprint density at radius 3 is 2.86 bits per heavy atom. The molecule has 1 atom stereocenters. The van der Waals surface area contributed by atoms with Crippen LogP contribution in [0.5, 0.6) is 5.75 Å². The molecular formula is C16H19BrN2OS. The lowest BCUT2D eigenvalue weighted by molar-refractivity contribution is 0.351. The summed E-state index contributed by atoms with van der Waals surface area (Å²) < 4.78 is 6.92. The second-order valence-electron chi connectivity index (χ2n) is 5.46. The van der Waals surface area contributed by atoms with Crippen molar-refractivity contribution < 1.29 is 4.74 Å². The van der Waals surface area contributed by atoms with Crippen molar-refractivity contribution in [3.63, 3.8) is 0 Å². The lowest BCUT2D eigenvalue weighted by Crippen LogP contribution is -2.29. The molecule has 21 heavy (non-hydrogen) atoms. The molecule has 0 amide bonds. The summed E-state index contributed by atoms with van der Waals surface area (Å²) in [6.07, 6.45) is 1.82. The number of nitrogens with two attached hydrogens (primary N) is 1. The Kier molecular flexibility index (Phi) is 4.36. The van der Waals surface area contributed by atoms with E-state index in [1.807, 2.05) is 11.3 Å². The van der Waals surface area contributed by atoms with E-state index in [1.54, 1.807) is 0 Å². The maximum absolute atomic E-state index is 5.81. The molecule has 1 aromatic heterocycles. The third-order valence-electron chi connectivity index (χ3n) is 3.98. The summed E-state index contributed by atoms with van der Waals surface area (Å²) in [5.74, 6) is 6.84. The predicted octanol–water partition coefficient (Wildman–Crippen LogP) is 3.81. The van der Waals surface area contributed by atoms with Crippen LogP contribution in [0.3, 0.4) is 0 Å². The summed E-state index contributed by atoms with van der Waals surface area (Å²) in [6, 6.07) is 6.63. The molecule has 3 N–H and O–H groups in total. The molecule has 0 bridgehead atoms. The molecule has 1 aromatic carbocycles. The van der Waals surface area contributed by atoms with Gasteiger partial charge in [-0.3, -0.25) is 11.3 Å². The minimum Gasteiger partial charge on any atom is -0.493 e. The largest absolute Gasteiger partial charge is 0.493 e. The van der Waals surface area contributed by atoms with E-state index in [0.717, 1.165) is 29.7 Å². The van der Waals surface area contributed by atoms with Gasteiger partial charge in [-0.15, -0.1) is 11.3 Å². The topological polar surface area (TPSA) is 47.3 Å². The highest BCUT2D eigenvalue weighted by molar-refractivity contribution is 9.10. The Labute approximate surface area is 137 Å². The van der Waals surface area contributed by atoms with Crippen molar-refractivity contribution >= 4 is 27.3 Å². The molecule has 0 saturated heterocycles. The lowest BCUT2D eigenvalue weighted by atomic mass is 10.0. The molecule has 1 aliphatic heterocycles. The molecule has 1 aliphatic rings. The zero-order valence-corrected chi connectivity index (χ0v) is 14.6. The molecule has 0 aliphatic carbocycles. The maximum Gasteiger partial charge on any atom is 0.125 e. The highest BCUT2D eigenvalue weighted by atomic mass is 79.9. The first-order valence-corrected chi connectivity index (χ1v) is 8.66. The Balaban J connectivity index is 1.91. The number of aryl methyl sites for hydroxylation is 2. The highest BCUT2D eigenvalue weighted by Crippen LogP contribution is 2.36. The molecule has 3 rings (SSSR count). The standard InChI is InChI=1S/C16H19BrN2OS/c1-9-5-15(21-10(9)2)14(19-18)8-12-7-13(17)6-11-3-4-20-16(11)12/h5-7,14,19H,3-4,8,18H2,1-2H3. The van der Waals surface area contributed by atoms with Crippen LogP contribution in [0.4, 0.5) is 0 Å². The van der Waals surface area contributed by atoms with E-state index in [1.165, 1.54) is 26.4 Å². The Morgan fingerprint density at radius 1 is 1.38 bits per heavy atom. The van der Waals surface area contributed by atoms with E-state index in [-0.39, 0.29) is 6.04 Å². The second kappa shape index (κ2) is 6.08. The van der Waals surface area contributed by atoms with Crippen molar-refractivity contribution in [1.82, 2.24) is 5.43 Å². The number of halogens is 1. The number of hydrazine groups is 1. The van der Waals surface area contributed by atoms with Crippen LogP contribution in [0.25, 0.3) is 0 Å². The average molecular weight is 367 g/mol. The van der Waals surface area contributed by atoms with Gasteiger partial charge in [0.25, 0.3) is 0 Å². The summed E-state index contributed by atoms with van der Waals surface area (Å²) in [6.45, 7) is 5.07. The minimum atomic E-state index is 0.116. The average Bonchev–Trinajstić information content (AvgIpc) is 3.03. The third kappa shape index (κ3) is 3.01. The van der Waals surface area contributed by atoms with Crippen LogP contribution in [-0.4, -0.2) is 6.61 Å². The maximum atomic E-state index is 5.81. The lowest BCUT2D eigenvalue weighted by Gasteiger charge is -2.16. The van der Waals surface area contributed by atoms with Crippen molar-refractivity contribution in [3.05, 3.63) is 49.1 Å². The summed E-state index contributed by atoms with van der Waals surface area (Å²) in [5.41, 5.74) is 6.78. The van der Waals surface area contributed by atoms with Gasteiger partial charge in [0.1, 0.15) is 5.75 Å². The molecule has 3 nitrogen and oxygen atoms in total. The van der Waals surface area contributed by atoms with Gasteiger partial charge in [-0.25, -0.2) is 0 Å². The molecule has 0 radical (unpaired) electrons. The van der Waals surface area contributed by atoms with Gasteiger partial charge in [0.2, 0.25) is 0 Å². The highest BCUT2D eigenvalue weighted by Gasteiger charge is 2.21. The van der Waals surface area contributed by atoms with E-state index in [0.29, 0.717) is 0 Å². The van der Waals surface area contributed by atoms with Crippen molar-refractivity contribution in [3.8, 4) is 5.75 Å². The number of thiophene rings is 1. The van der Waals surface area contributed by atoms with Crippen LogP contribution >= 0.6 is 27.3 Å². The number of fused-ring (bicyclic) bond motifs is 1. The zero-order valence-electron chi connectivity index (χ0n) is 12.2. The Bertz CT molecular complexity index is 649. The third-order valence-corrected chi connectivity index (χ3v) is 5.70. The SMILES string of the molecule is Cc1cc(C(Cc2cc(Br)cc3c2OCC3)NN)sc1C. The molecular weight excluding hydrogens is 348 g/mol. The van der Waals surface area contributed by atoms with Crippen LogP contribution < -0.4 is 16.0 Å². The van der Waals surface area contributed by atoms with Gasteiger partial charge in [0.05, 0.1) is 12.6 Å². The Hall–Kier alpha value is -0.880. The fraction of sp³-hybridized carbons (Fsp3) is 0.375. The van der Waals surface area contributed by atoms with Crippen molar-refractivity contribution in [2.24, 2.45) is 5.84 Å². The van der Waals surface area contributed by atoms with E-state index in [9.17, 15) is 0 Å². The van der Waals surface area contributed by atoms with Crippen molar-refractivity contribution in [2.45, 2.75) is 32.7 Å². The number of ether oxygens (including phenoxy) is 1. The number of rotatable bonds is 4. The molecule has 1 unspecified atom stereocenters. The quantitative estimate of drug-likeness (QED) is 0.638. The van der Waals surface area contributed by atoms with Gasteiger partial charge in [-0.2, -0.15) is 0 Å². The van der Waals surface area contributed by atoms with E-state index in [4.69, 9.17) is 10.6 Å². The fourth-order valence-electron chi connectivity index (χ4n) is 2.73. The summed E-state index contributed by atoms with van der Waals surface area (Å²) in [7, 11) is 0. The van der Waals surface area contributed by atoms with Gasteiger partial charge < -0.3 is 4.74 Å². The van der Waals surface area contributed by atoms with Crippen LogP contribution in [0.1, 0.15) is 32.5 Å². The summed E-state index contributed by atoms with van der Waals surface area (Å²) >= 11 is 5.40. The molecule has 0 fully saturated rings. The minimum absolute atomic E-state index is 0.116. The van der Waals surface area contributed by atoms with Crippen LogP contribution in [0, 0.1) is 13.8 Å². The van der Waals surface area contributed by atoms with E-state index in [2.05, 4.69) is 53.4 Å². The first-order valence-electron chi connectivity index (χ1n) is 7.05. The van der Waals surface area contributed by atoms with Crippen LogP contribution in [-0.2, 0) is 12.8 Å². The molecule has 112 valence electrons. The van der Waals surface area contributed by atoms with E-state index < -0.39 is 0 Å².